The standard InChI is InChI=1S/C23H26ClN3O2/c1-15-7-8-18(24)13-19(15)25-9-11-26(12-10-25)20-14-21(28)27(23(20)29)22-16(2)5-4-6-17(22)3/h4-8,13,20H,9-12,14H2,1-3H3/t20-/m1/s1. The number of aryl methyl sites for hydroxylation is 3. The number of piperazine rings is 1. The lowest BCUT2D eigenvalue weighted by atomic mass is 10.1. The normalized spacial score (nSPS) is 20.6. The first-order chi connectivity index (χ1) is 13.9. The van der Waals surface area contributed by atoms with Crippen molar-refractivity contribution in [3.05, 3.63) is 58.1 Å². The summed E-state index contributed by atoms with van der Waals surface area (Å²) in [7, 11) is 0. The Morgan fingerprint density at radius 3 is 2.21 bits per heavy atom. The molecule has 2 fully saturated rings. The van der Waals surface area contributed by atoms with Crippen LogP contribution in [0.3, 0.4) is 0 Å². The Hall–Kier alpha value is -2.37. The second-order valence-corrected chi connectivity index (χ2v) is 8.42. The SMILES string of the molecule is Cc1ccc(Cl)cc1N1CCN([C@@H]2CC(=O)N(c3c(C)cccc3C)C2=O)CC1. The number of anilines is 2. The molecule has 0 radical (unpaired) electrons. The molecule has 0 bridgehead atoms. The van der Waals surface area contributed by atoms with E-state index in [1.807, 2.05) is 50.2 Å². The minimum absolute atomic E-state index is 0.0974. The summed E-state index contributed by atoms with van der Waals surface area (Å²) in [5, 5.41) is 0.730. The van der Waals surface area contributed by atoms with Crippen LogP contribution in [0.2, 0.25) is 5.02 Å². The van der Waals surface area contributed by atoms with E-state index < -0.39 is 0 Å². The van der Waals surface area contributed by atoms with Crippen molar-refractivity contribution in [3.63, 3.8) is 0 Å². The summed E-state index contributed by atoms with van der Waals surface area (Å²) in [6.45, 7) is 9.09. The van der Waals surface area contributed by atoms with Crippen molar-refractivity contribution in [1.29, 1.82) is 0 Å². The van der Waals surface area contributed by atoms with Crippen LogP contribution in [0.4, 0.5) is 11.4 Å². The molecule has 1 atom stereocenters. The van der Waals surface area contributed by atoms with Gasteiger partial charge in [-0.3, -0.25) is 14.5 Å². The van der Waals surface area contributed by atoms with Gasteiger partial charge in [0.1, 0.15) is 0 Å². The van der Waals surface area contributed by atoms with Crippen molar-refractivity contribution >= 4 is 34.8 Å². The molecule has 0 aromatic heterocycles. The fourth-order valence-corrected chi connectivity index (χ4v) is 4.66. The van der Waals surface area contributed by atoms with Crippen LogP contribution < -0.4 is 9.80 Å². The molecule has 152 valence electrons. The first-order valence-corrected chi connectivity index (χ1v) is 10.4. The summed E-state index contributed by atoms with van der Waals surface area (Å²) in [6.07, 6.45) is 0.253. The van der Waals surface area contributed by atoms with Crippen LogP contribution in [0.1, 0.15) is 23.1 Å². The summed E-state index contributed by atoms with van der Waals surface area (Å²) >= 11 is 6.18. The molecule has 0 aliphatic carbocycles. The number of hydrogen-bond donors (Lipinski definition) is 0. The molecule has 6 heteroatoms. The maximum atomic E-state index is 13.2. The predicted molar refractivity (Wildman–Crippen MR) is 117 cm³/mol. The van der Waals surface area contributed by atoms with E-state index >= 15 is 0 Å². The molecule has 2 aromatic rings. The Morgan fingerprint density at radius 2 is 1.55 bits per heavy atom. The molecular weight excluding hydrogens is 386 g/mol. The summed E-state index contributed by atoms with van der Waals surface area (Å²) < 4.78 is 0. The highest BCUT2D eigenvalue weighted by Crippen LogP contribution is 2.32. The van der Waals surface area contributed by atoms with E-state index in [-0.39, 0.29) is 24.3 Å². The number of rotatable bonds is 3. The van der Waals surface area contributed by atoms with Crippen LogP contribution in [-0.2, 0) is 9.59 Å². The Morgan fingerprint density at radius 1 is 0.897 bits per heavy atom. The van der Waals surface area contributed by atoms with Crippen molar-refractivity contribution in [2.75, 3.05) is 36.0 Å². The third kappa shape index (κ3) is 3.65. The zero-order chi connectivity index (χ0) is 20.7. The molecule has 2 heterocycles. The molecule has 2 aliphatic heterocycles. The highest BCUT2D eigenvalue weighted by molar-refractivity contribution is 6.30. The Kier molecular flexibility index (Phi) is 5.36. The zero-order valence-corrected chi connectivity index (χ0v) is 17.9. The highest BCUT2D eigenvalue weighted by Gasteiger charge is 2.44. The minimum atomic E-state index is -0.371. The van der Waals surface area contributed by atoms with Crippen LogP contribution in [-0.4, -0.2) is 48.9 Å². The topological polar surface area (TPSA) is 43.9 Å². The molecule has 5 nitrogen and oxygen atoms in total. The van der Waals surface area contributed by atoms with Gasteiger partial charge in [0, 0.05) is 36.9 Å². The molecule has 2 aliphatic rings. The molecule has 2 saturated heterocycles. The Bertz CT molecular complexity index is 946. The van der Waals surface area contributed by atoms with Crippen molar-refractivity contribution in [2.45, 2.75) is 33.2 Å². The molecule has 0 unspecified atom stereocenters. The van der Waals surface area contributed by atoms with Gasteiger partial charge in [-0.2, -0.15) is 0 Å². The number of carbonyl (C=O) groups excluding carboxylic acids is 2. The maximum Gasteiger partial charge on any atom is 0.251 e. The molecule has 4 rings (SSSR count). The summed E-state index contributed by atoms with van der Waals surface area (Å²) in [6, 6.07) is 11.4. The van der Waals surface area contributed by atoms with Gasteiger partial charge >= 0.3 is 0 Å². The van der Waals surface area contributed by atoms with Crippen molar-refractivity contribution in [2.24, 2.45) is 0 Å². The van der Waals surface area contributed by atoms with Gasteiger partial charge < -0.3 is 4.90 Å². The van der Waals surface area contributed by atoms with Gasteiger partial charge in [0.15, 0.2) is 0 Å². The first kappa shape index (κ1) is 19.9. The van der Waals surface area contributed by atoms with Crippen molar-refractivity contribution < 1.29 is 9.59 Å². The van der Waals surface area contributed by atoms with E-state index in [0.29, 0.717) is 0 Å². The van der Waals surface area contributed by atoms with E-state index in [2.05, 4.69) is 16.7 Å². The maximum absolute atomic E-state index is 13.2. The van der Waals surface area contributed by atoms with E-state index in [4.69, 9.17) is 11.6 Å². The fourth-order valence-electron chi connectivity index (χ4n) is 4.49. The quantitative estimate of drug-likeness (QED) is 0.722. The monoisotopic (exact) mass is 411 g/mol. The smallest absolute Gasteiger partial charge is 0.251 e. The lowest BCUT2D eigenvalue weighted by Crippen LogP contribution is -2.52. The van der Waals surface area contributed by atoms with Gasteiger partial charge in [-0.25, -0.2) is 4.90 Å². The van der Waals surface area contributed by atoms with Crippen LogP contribution in [0.5, 0.6) is 0 Å². The number of imide groups is 1. The van der Waals surface area contributed by atoms with E-state index in [9.17, 15) is 9.59 Å². The Labute approximate surface area is 176 Å². The van der Waals surface area contributed by atoms with Crippen molar-refractivity contribution in [1.82, 2.24) is 4.90 Å². The largest absolute Gasteiger partial charge is 0.369 e. The van der Waals surface area contributed by atoms with E-state index in [1.165, 1.54) is 10.5 Å². The molecule has 2 aromatic carbocycles. The molecule has 29 heavy (non-hydrogen) atoms. The molecule has 0 N–H and O–H groups in total. The average molecular weight is 412 g/mol. The third-order valence-corrected chi connectivity index (χ3v) is 6.29. The summed E-state index contributed by atoms with van der Waals surface area (Å²) in [5.74, 6) is -0.203. The van der Waals surface area contributed by atoms with Gasteiger partial charge in [-0.05, 0) is 49.6 Å². The van der Waals surface area contributed by atoms with Crippen molar-refractivity contribution in [3.8, 4) is 0 Å². The summed E-state index contributed by atoms with van der Waals surface area (Å²) in [4.78, 5) is 31.8. The number of amides is 2. The Balaban J connectivity index is 1.49. The molecule has 2 amide bonds. The first-order valence-electron chi connectivity index (χ1n) is 10.0. The lowest BCUT2D eigenvalue weighted by molar-refractivity contribution is -0.123. The zero-order valence-electron chi connectivity index (χ0n) is 17.1. The summed E-state index contributed by atoms with van der Waals surface area (Å²) in [5.41, 5.74) is 4.99. The average Bonchev–Trinajstić information content (AvgIpc) is 2.98. The van der Waals surface area contributed by atoms with Gasteiger partial charge in [-0.1, -0.05) is 35.9 Å². The van der Waals surface area contributed by atoms with Crippen LogP contribution in [0, 0.1) is 20.8 Å². The van der Waals surface area contributed by atoms with E-state index in [0.717, 1.165) is 53.7 Å². The van der Waals surface area contributed by atoms with Gasteiger partial charge in [0.25, 0.3) is 5.91 Å². The highest BCUT2D eigenvalue weighted by atomic mass is 35.5. The van der Waals surface area contributed by atoms with Crippen LogP contribution in [0.25, 0.3) is 0 Å². The minimum Gasteiger partial charge on any atom is -0.369 e. The number of halogens is 1. The number of para-hydroxylation sites is 1. The van der Waals surface area contributed by atoms with Gasteiger partial charge in [-0.15, -0.1) is 0 Å². The number of hydrogen-bond acceptors (Lipinski definition) is 4. The van der Waals surface area contributed by atoms with Crippen LogP contribution >= 0.6 is 11.6 Å². The number of carbonyl (C=O) groups is 2. The second kappa shape index (κ2) is 7.81. The molecular formula is C23H26ClN3O2. The van der Waals surface area contributed by atoms with E-state index in [1.54, 1.807) is 0 Å². The van der Waals surface area contributed by atoms with Crippen LogP contribution in [0.15, 0.2) is 36.4 Å². The third-order valence-electron chi connectivity index (χ3n) is 6.05. The molecule has 0 spiro atoms. The van der Waals surface area contributed by atoms with Gasteiger partial charge in [0.2, 0.25) is 5.91 Å². The number of benzene rings is 2. The second-order valence-electron chi connectivity index (χ2n) is 7.98. The fraction of sp³-hybridized carbons (Fsp3) is 0.391. The van der Waals surface area contributed by atoms with Gasteiger partial charge in [0.05, 0.1) is 18.2 Å². The lowest BCUT2D eigenvalue weighted by Gasteiger charge is -2.38. The molecule has 0 saturated carbocycles. The number of nitrogens with zero attached hydrogens (tertiary/aromatic N) is 3. The predicted octanol–water partition coefficient (Wildman–Crippen LogP) is 3.72.